The SMILES string of the molecule is CCC(CC)c1ccc(C=C2C(=O)C(C)C(=O)N(C)C2=O)cc1. The van der Waals surface area contributed by atoms with Crippen LogP contribution in [0, 0.1) is 5.92 Å². The van der Waals surface area contributed by atoms with Gasteiger partial charge >= 0.3 is 0 Å². The molecule has 1 saturated heterocycles. The molecule has 1 unspecified atom stereocenters. The molecule has 122 valence electrons. The number of hydrogen-bond acceptors (Lipinski definition) is 3. The van der Waals surface area contributed by atoms with Gasteiger partial charge in [0.1, 0.15) is 0 Å². The van der Waals surface area contributed by atoms with E-state index in [1.807, 2.05) is 24.3 Å². The van der Waals surface area contributed by atoms with Crippen molar-refractivity contribution in [2.45, 2.75) is 39.5 Å². The minimum Gasteiger partial charge on any atom is -0.293 e. The molecular formula is C19H23NO3. The zero-order valence-electron chi connectivity index (χ0n) is 14.1. The Hall–Kier alpha value is -2.23. The van der Waals surface area contributed by atoms with Crippen LogP contribution in [-0.2, 0) is 14.4 Å². The molecule has 0 spiro atoms. The summed E-state index contributed by atoms with van der Waals surface area (Å²) in [5, 5.41) is 0. The van der Waals surface area contributed by atoms with Gasteiger partial charge in [-0.1, -0.05) is 38.1 Å². The number of likely N-dealkylation sites (N-methyl/N-ethyl adjacent to an activating group) is 1. The van der Waals surface area contributed by atoms with Crippen LogP contribution in [0.1, 0.15) is 50.7 Å². The molecule has 0 aromatic heterocycles. The standard InChI is InChI=1S/C19H23NO3/c1-5-14(6-2)15-9-7-13(8-10-15)11-16-17(21)12(3)18(22)20(4)19(16)23/h7-12,14H,5-6H2,1-4H3. The van der Waals surface area contributed by atoms with Crippen LogP contribution in [0.2, 0.25) is 0 Å². The Morgan fingerprint density at radius 2 is 1.65 bits per heavy atom. The van der Waals surface area contributed by atoms with Gasteiger partial charge in [-0.3, -0.25) is 19.3 Å². The first-order valence-electron chi connectivity index (χ1n) is 8.08. The molecule has 1 heterocycles. The number of carbonyl (C=O) groups is 3. The Morgan fingerprint density at radius 1 is 1.09 bits per heavy atom. The molecular weight excluding hydrogens is 290 g/mol. The quantitative estimate of drug-likeness (QED) is 0.371. The van der Waals surface area contributed by atoms with Crippen molar-refractivity contribution in [1.82, 2.24) is 4.90 Å². The molecule has 1 atom stereocenters. The number of Topliss-reactive ketones (excluding diaryl/α,β-unsaturated/α-hetero) is 1. The monoisotopic (exact) mass is 313 g/mol. The van der Waals surface area contributed by atoms with E-state index in [9.17, 15) is 14.4 Å². The summed E-state index contributed by atoms with van der Waals surface area (Å²) < 4.78 is 0. The summed E-state index contributed by atoms with van der Waals surface area (Å²) in [6.45, 7) is 5.87. The van der Waals surface area contributed by atoms with Crippen molar-refractivity contribution < 1.29 is 14.4 Å². The van der Waals surface area contributed by atoms with Gasteiger partial charge in [0.05, 0.1) is 11.5 Å². The van der Waals surface area contributed by atoms with E-state index in [1.54, 1.807) is 6.08 Å². The van der Waals surface area contributed by atoms with E-state index in [0.717, 1.165) is 23.3 Å². The van der Waals surface area contributed by atoms with Gasteiger partial charge in [0, 0.05) is 7.05 Å². The van der Waals surface area contributed by atoms with E-state index in [1.165, 1.54) is 19.5 Å². The fourth-order valence-electron chi connectivity index (χ4n) is 2.95. The lowest BCUT2D eigenvalue weighted by Crippen LogP contribution is -2.47. The van der Waals surface area contributed by atoms with E-state index in [-0.39, 0.29) is 5.57 Å². The van der Waals surface area contributed by atoms with E-state index in [4.69, 9.17) is 0 Å². The summed E-state index contributed by atoms with van der Waals surface area (Å²) >= 11 is 0. The summed E-state index contributed by atoms with van der Waals surface area (Å²) in [5.74, 6) is -1.64. The Balaban J connectivity index is 2.32. The van der Waals surface area contributed by atoms with Gasteiger partial charge in [-0.2, -0.15) is 0 Å². The molecule has 1 aliphatic rings. The molecule has 0 N–H and O–H groups in total. The highest BCUT2D eigenvalue weighted by atomic mass is 16.2. The predicted octanol–water partition coefficient (Wildman–Crippen LogP) is 3.18. The van der Waals surface area contributed by atoms with Crippen molar-refractivity contribution in [3.63, 3.8) is 0 Å². The van der Waals surface area contributed by atoms with Gasteiger partial charge in [0.15, 0.2) is 5.78 Å². The Morgan fingerprint density at radius 3 is 2.17 bits per heavy atom. The average Bonchev–Trinajstić information content (AvgIpc) is 2.57. The molecule has 1 fully saturated rings. The van der Waals surface area contributed by atoms with Gasteiger partial charge in [-0.15, -0.1) is 0 Å². The van der Waals surface area contributed by atoms with Crippen molar-refractivity contribution >= 4 is 23.7 Å². The van der Waals surface area contributed by atoms with E-state index < -0.39 is 23.5 Å². The Kier molecular flexibility index (Phi) is 5.14. The van der Waals surface area contributed by atoms with Crippen LogP contribution in [0.25, 0.3) is 6.08 Å². The Labute approximate surface area is 137 Å². The van der Waals surface area contributed by atoms with Crippen molar-refractivity contribution in [2.24, 2.45) is 5.92 Å². The number of amides is 2. The number of benzene rings is 1. The third-order valence-corrected chi connectivity index (χ3v) is 4.60. The minimum absolute atomic E-state index is 0.0786. The summed E-state index contributed by atoms with van der Waals surface area (Å²) in [6, 6.07) is 7.92. The molecule has 0 aliphatic carbocycles. The minimum atomic E-state index is -0.798. The van der Waals surface area contributed by atoms with Gasteiger partial charge in [0.25, 0.3) is 5.91 Å². The summed E-state index contributed by atoms with van der Waals surface area (Å²) in [5.41, 5.74) is 2.14. The maximum Gasteiger partial charge on any atom is 0.263 e. The van der Waals surface area contributed by atoms with Gasteiger partial charge in [-0.05, 0) is 42.9 Å². The van der Waals surface area contributed by atoms with Crippen LogP contribution in [0.4, 0.5) is 0 Å². The van der Waals surface area contributed by atoms with Crippen LogP contribution in [0.3, 0.4) is 0 Å². The maximum absolute atomic E-state index is 12.2. The van der Waals surface area contributed by atoms with Crippen molar-refractivity contribution in [2.75, 3.05) is 7.05 Å². The summed E-state index contributed by atoms with van der Waals surface area (Å²) in [7, 11) is 1.41. The number of likely N-dealkylation sites (tertiary alicyclic amines) is 1. The third kappa shape index (κ3) is 3.26. The first kappa shape index (κ1) is 17.1. The van der Waals surface area contributed by atoms with E-state index in [0.29, 0.717) is 5.92 Å². The first-order valence-corrected chi connectivity index (χ1v) is 8.08. The molecule has 1 aliphatic heterocycles. The third-order valence-electron chi connectivity index (χ3n) is 4.60. The van der Waals surface area contributed by atoms with E-state index >= 15 is 0 Å². The second kappa shape index (κ2) is 6.90. The lowest BCUT2D eigenvalue weighted by Gasteiger charge is -2.26. The first-order chi connectivity index (χ1) is 10.9. The zero-order chi connectivity index (χ0) is 17.1. The lowest BCUT2D eigenvalue weighted by molar-refractivity contribution is -0.149. The molecule has 2 amide bonds. The molecule has 0 bridgehead atoms. The molecule has 0 saturated carbocycles. The molecule has 1 aromatic rings. The maximum atomic E-state index is 12.2. The summed E-state index contributed by atoms with van der Waals surface area (Å²) in [4.78, 5) is 37.2. The largest absolute Gasteiger partial charge is 0.293 e. The van der Waals surface area contributed by atoms with E-state index in [2.05, 4.69) is 13.8 Å². The molecule has 23 heavy (non-hydrogen) atoms. The van der Waals surface area contributed by atoms with Crippen LogP contribution in [0.5, 0.6) is 0 Å². The second-order valence-electron chi connectivity index (χ2n) is 6.03. The Bertz CT molecular complexity index is 628. The molecule has 0 radical (unpaired) electrons. The highest BCUT2D eigenvalue weighted by Crippen LogP contribution is 2.25. The van der Waals surface area contributed by atoms with Crippen LogP contribution in [0.15, 0.2) is 29.8 Å². The average molecular weight is 313 g/mol. The molecule has 2 rings (SSSR count). The van der Waals surface area contributed by atoms with Crippen LogP contribution in [-0.4, -0.2) is 29.5 Å². The highest BCUT2D eigenvalue weighted by Gasteiger charge is 2.39. The van der Waals surface area contributed by atoms with Crippen molar-refractivity contribution in [3.8, 4) is 0 Å². The highest BCUT2D eigenvalue weighted by molar-refractivity contribution is 6.33. The van der Waals surface area contributed by atoms with Crippen molar-refractivity contribution in [1.29, 1.82) is 0 Å². The predicted molar refractivity (Wildman–Crippen MR) is 89.7 cm³/mol. The number of imide groups is 1. The van der Waals surface area contributed by atoms with Gasteiger partial charge in [0.2, 0.25) is 5.91 Å². The second-order valence-corrected chi connectivity index (χ2v) is 6.03. The fraction of sp³-hybridized carbons (Fsp3) is 0.421. The van der Waals surface area contributed by atoms with Gasteiger partial charge < -0.3 is 0 Å². The van der Waals surface area contributed by atoms with Gasteiger partial charge in [-0.25, -0.2) is 0 Å². The number of rotatable bonds is 4. The summed E-state index contributed by atoms with van der Waals surface area (Å²) in [6.07, 6.45) is 3.75. The molecule has 4 nitrogen and oxygen atoms in total. The number of ketones is 1. The molecule has 4 heteroatoms. The number of piperidine rings is 1. The fourth-order valence-corrected chi connectivity index (χ4v) is 2.95. The van der Waals surface area contributed by atoms with Crippen molar-refractivity contribution in [3.05, 3.63) is 41.0 Å². The number of nitrogens with zero attached hydrogens (tertiary/aromatic N) is 1. The normalized spacial score (nSPS) is 20.7. The smallest absolute Gasteiger partial charge is 0.263 e. The molecule has 1 aromatic carbocycles. The topological polar surface area (TPSA) is 54.5 Å². The van der Waals surface area contributed by atoms with Crippen LogP contribution < -0.4 is 0 Å². The number of hydrogen-bond donors (Lipinski definition) is 0. The van der Waals surface area contributed by atoms with Crippen LogP contribution >= 0.6 is 0 Å². The number of carbonyl (C=O) groups excluding carboxylic acids is 3. The lowest BCUT2D eigenvalue weighted by atomic mass is 9.90. The zero-order valence-corrected chi connectivity index (χ0v) is 14.1.